The van der Waals surface area contributed by atoms with E-state index in [0.29, 0.717) is 24.0 Å². The monoisotopic (exact) mass is 608 g/mol. The third-order valence-electron chi connectivity index (χ3n) is 9.95. The van der Waals surface area contributed by atoms with E-state index in [2.05, 4.69) is 6.58 Å². The van der Waals surface area contributed by atoms with Crippen LogP contribution in [0.5, 0.6) is 0 Å². The maximum atomic E-state index is 12.9. The van der Waals surface area contributed by atoms with Crippen molar-refractivity contribution in [3.63, 3.8) is 0 Å². The van der Waals surface area contributed by atoms with Gasteiger partial charge in [0, 0.05) is 38.7 Å². The first-order chi connectivity index (χ1) is 20.6. The molecule has 0 heterocycles. The van der Waals surface area contributed by atoms with Gasteiger partial charge in [0.1, 0.15) is 12.2 Å². The van der Waals surface area contributed by atoms with Crippen molar-refractivity contribution in [3.8, 4) is 0 Å². The van der Waals surface area contributed by atoms with Crippen LogP contribution in [0.15, 0.2) is 59.7 Å². The summed E-state index contributed by atoms with van der Waals surface area (Å²) < 4.78 is 23.6. The zero-order valence-corrected chi connectivity index (χ0v) is 26.6. The molecule has 3 aliphatic carbocycles. The van der Waals surface area contributed by atoms with Crippen LogP contribution in [0.4, 0.5) is 0 Å². The summed E-state index contributed by atoms with van der Waals surface area (Å²) >= 11 is 0. The topological polar surface area (TPSA) is 125 Å². The van der Waals surface area contributed by atoms with Gasteiger partial charge in [0.15, 0.2) is 12.2 Å². The average Bonchev–Trinajstić information content (AvgIpc) is 2.93. The van der Waals surface area contributed by atoms with Crippen LogP contribution in [0.3, 0.4) is 0 Å². The molecule has 0 saturated heterocycles. The predicted octanol–water partition coefficient (Wildman–Crippen LogP) is 5.12. The number of carbonyl (C=O) groups excluding carboxylic acids is 4. The Balaban J connectivity index is 1.81. The van der Waals surface area contributed by atoms with Gasteiger partial charge in [-0.1, -0.05) is 57.7 Å². The lowest BCUT2D eigenvalue weighted by atomic mass is 9.49. The number of hydrogen-bond acceptors (Lipinski definition) is 9. The van der Waals surface area contributed by atoms with Crippen molar-refractivity contribution in [2.75, 3.05) is 0 Å². The van der Waals surface area contributed by atoms with Crippen LogP contribution in [-0.4, -0.2) is 59.5 Å². The molecule has 2 bridgehead atoms. The molecule has 2 fully saturated rings. The Morgan fingerprint density at radius 2 is 1.48 bits per heavy atom. The molecule has 1 aromatic carbocycles. The van der Waals surface area contributed by atoms with E-state index >= 15 is 0 Å². The minimum atomic E-state index is -1.17. The molecule has 44 heavy (non-hydrogen) atoms. The Kier molecular flexibility index (Phi) is 9.59. The molecule has 0 aromatic heterocycles. The quantitative estimate of drug-likeness (QED) is 0.203. The second kappa shape index (κ2) is 12.7. The zero-order chi connectivity index (χ0) is 32.6. The molecule has 4 rings (SSSR count). The van der Waals surface area contributed by atoms with E-state index in [1.54, 1.807) is 6.08 Å². The summed E-state index contributed by atoms with van der Waals surface area (Å²) in [6.45, 7) is 16.0. The molecule has 3 aliphatic rings. The number of rotatable bonds is 6. The summed E-state index contributed by atoms with van der Waals surface area (Å²) in [6, 6.07) is 9.33. The van der Waals surface area contributed by atoms with Crippen LogP contribution >= 0.6 is 0 Å². The minimum Gasteiger partial charge on any atom is -0.458 e. The van der Waals surface area contributed by atoms with Crippen molar-refractivity contribution in [3.05, 3.63) is 65.3 Å². The Morgan fingerprint density at radius 3 is 2.07 bits per heavy atom. The average molecular weight is 609 g/mol. The summed E-state index contributed by atoms with van der Waals surface area (Å²) in [7, 11) is 0. The largest absolute Gasteiger partial charge is 0.458 e. The van der Waals surface area contributed by atoms with E-state index in [4.69, 9.17) is 18.9 Å². The molecular formula is C35H44O9. The highest BCUT2D eigenvalue weighted by molar-refractivity contribution is 5.87. The van der Waals surface area contributed by atoms with Crippen LogP contribution < -0.4 is 0 Å². The fourth-order valence-electron chi connectivity index (χ4n) is 7.67. The van der Waals surface area contributed by atoms with Crippen LogP contribution in [0, 0.1) is 22.7 Å². The van der Waals surface area contributed by atoms with Gasteiger partial charge in [-0.2, -0.15) is 0 Å². The Morgan fingerprint density at radius 1 is 0.864 bits per heavy atom. The molecule has 8 atom stereocenters. The summed E-state index contributed by atoms with van der Waals surface area (Å²) in [5, 5.41) is 11.9. The van der Waals surface area contributed by atoms with E-state index in [1.165, 1.54) is 26.8 Å². The fraction of sp³-hybridized carbons (Fsp3) is 0.543. The third kappa shape index (κ3) is 6.39. The second-order valence-electron chi connectivity index (χ2n) is 13.1. The third-order valence-corrected chi connectivity index (χ3v) is 9.95. The lowest BCUT2D eigenvalue weighted by Crippen LogP contribution is -2.64. The van der Waals surface area contributed by atoms with Crippen molar-refractivity contribution in [2.45, 2.75) is 98.2 Å². The summed E-state index contributed by atoms with van der Waals surface area (Å²) in [5.41, 5.74) is 1.09. The molecule has 1 aromatic rings. The van der Waals surface area contributed by atoms with Gasteiger partial charge in [0.25, 0.3) is 0 Å². The number of fused-ring (bicyclic) bond motifs is 3. The Hall–Kier alpha value is -3.72. The molecular weight excluding hydrogens is 564 g/mol. The lowest BCUT2D eigenvalue weighted by Gasteiger charge is -2.59. The number of aliphatic hydroxyl groups is 1. The molecule has 238 valence electrons. The molecule has 9 nitrogen and oxygen atoms in total. The van der Waals surface area contributed by atoms with Crippen molar-refractivity contribution in [1.82, 2.24) is 0 Å². The van der Waals surface area contributed by atoms with Crippen LogP contribution in [0.2, 0.25) is 0 Å². The lowest BCUT2D eigenvalue weighted by molar-refractivity contribution is -0.204. The highest BCUT2D eigenvalue weighted by Crippen LogP contribution is 2.60. The van der Waals surface area contributed by atoms with Gasteiger partial charge in [-0.05, 0) is 65.4 Å². The van der Waals surface area contributed by atoms with Crippen molar-refractivity contribution in [1.29, 1.82) is 0 Å². The second-order valence-corrected chi connectivity index (χ2v) is 13.1. The van der Waals surface area contributed by atoms with Gasteiger partial charge in [-0.3, -0.25) is 14.4 Å². The smallest absolute Gasteiger partial charge is 0.331 e. The van der Waals surface area contributed by atoms with Crippen LogP contribution in [-0.2, 0) is 38.1 Å². The fourth-order valence-corrected chi connectivity index (χ4v) is 7.67. The van der Waals surface area contributed by atoms with Crippen molar-refractivity contribution < 1.29 is 43.2 Å². The minimum absolute atomic E-state index is 0.0173. The van der Waals surface area contributed by atoms with Crippen molar-refractivity contribution >= 4 is 30.0 Å². The summed E-state index contributed by atoms with van der Waals surface area (Å²) in [5.74, 6) is -2.86. The van der Waals surface area contributed by atoms with Gasteiger partial charge >= 0.3 is 23.9 Å². The van der Waals surface area contributed by atoms with Crippen LogP contribution in [0.25, 0.3) is 6.08 Å². The first kappa shape index (κ1) is 33.2. The zero-order valence-electron chi connectivity index (χ0n) is 26.6. The first-order valence-corrected chi connectivity index (χ1v) is 15.1. The number of hydrogen-bond donors (Lipinski definition) is 1. The number of carbonyl (C=O) groups is 4. The number of esters is 4. The van der Waals surface area contributed by atoms with E-state index in [1.807, 2.05) is 58.0 Å². The van der Waals surface area contributed by atoms with Gasteiger partial charge in [0.05, 0.1) is 6.10 Å². The molecule has 0 aliphatic heterocycles. The summed E-state index contributed by atoms with van der Waals surface area (Å²) in [6.07, 6.45) is -0.736. The maximum absolute atomic E-state index is 12.9. The van der Waals surface area contributed by atoms with E-state index in [0.717, 1.165) is 11.1 Å². The standard InChI is InChI=1S/C35H44O9/c1-19-26-16-25-17-27(41-21(3)36)20(2)31(34(25,6)7)32(42-22(4)37)33(43-23(5)38)35(26,8)29(39)18-28(19)44-30(40)15-14-24-12-10-9-11-13-24/h9-15,25-29,32-33,39H,1,16-18H2,2-8H3/b15-14+/t25-,26-,27+,28+,29+,32-,33+,35+/m1/s1. The SMILES string of the molecule is C=C1[C@@H](OC(=O)/C=C/c2ccccc2)C[C@H](O)[C@]2(C)[C@@H]1C[C@@H]1C[C@H](OC(C)=O)C(C)=C([C@@H](OC(C)=O)[C@@H]2OC(C)=O)C1(C)C. The van der Waals surface area contributed by atoms with Gasteiger partial charge in [-0.15, -0.1) is 0 Å². The number of aliphatic hydroxyl groups excluding tert-OH is 1. The maximum Gasteiger partial charge on any atom is 0.331 e. The Bertz CT molecular complexity index is 1370. The number of ether oxygens (including phenoxy) is 4. The van der Waals surface area contributed by atoms with Crippen molar-refractivity contribution in [2.24, 2.45) is 22.7 Å². The van der Waals surface area contributed by atoms with Gasteiger partial charge < -0.3 is 24.1 Å². The van der Waals surface area contributed by atoms with Gasteiger partial charge in [0.2, 0.25) is 0 Å². The molecule has 2 saturated carbocycles. The van der Waals surface area contributed by atoms with E-state index in [9.17, 15) is 24.3 Å². The molecule has 0 radical (unpaired) electrons. The first-order valence-electron chi connectivity index (χ1n) is 15.1. The predicted molar refractivity (Wildman–Crippen MR) is 163 cm³/mol. The Labute approximate surface area is 259 Å². The molecule has 0 spiro atoms. The van der Waals surface area contributed by atoms with Gasteiger partial charge in [-0.25, -0.2) is 4.79 Å². The van der Waals surface area contributed by atoms with E-state index in [-0.39, 0.29) is 12.3 Å². The normalized spacial score (nSPS) is 33.0. The molecule has 1 N–H and O–H groups in total. The molecule has 9 heteroatoms. The number of benzene rings is 1. The highest BCUT2D eigenvalue weighted by Gasteiger charge is 2.63. The van der Waals surface area contributed by atoms with E-state index < -0.39 is 71.1 Å². The summed E-state index contributed by atoms with van der Waals surface area (Å²) in [4.78, 5) is 50.3. The van der Waals surface area contributed by atoms with Crippen LogP contribution in [0.1, 0.15) is 73.3 Å². The molecule has 0 amide bonds. The molecule has 0 unspecified atom stereocenters. The highest BCUT2D eigenvalue weighted by atomic mass is 16.6.